The first-order valence-electron chi connectivity index (χ1n) is 3.53. The number of hydrogen-bond acceptors (Lipinski definition) is 2. The molecule has 0 bridgehead atoms. The molecule has 0 unspecified atom stereocenters. The predicted molar refractivity (Wildman–Crippen MR) is 41.6 cm³/mol. The van der Waals surface area contributed by atoms with Crippen LogP contribution in [0.15, 0.2) is 18.2 Å². The number of benzene rings is 1. The largest absolute Gasteiger partial charge is 0.392 e. The molecule has 1 aromatic carbocycles. The van der Waals surface area contributed by atoms with Crippen molar-refractivity contribution in [1.82, 2.24) is 0 Å². The van der Waals surface area contributed by atoms with Gasteiger partial charge in [0.15, 0.2) is 0 Å². The van der Waals surface area contributed by atoms with E-state index in [1.54, 1.807) is 6.07 Å². The molecule has 0 amide bonds. The van der Waals surface area contributed by atoms with Crippen molar-refractivity contribution in [2.24, 2.45) is 0 Å². The highest BCUT2D eigenvalue weighted by atomic mass is 19.1. The van der Waals surface area contributed by atoms with Gasteiger partial charge in [-0.15, -0.1) is 0 Å². The second-order valence-electron chi connectivity index (χ2n) is 2.42. The Morgan fingerprint density at radius 1 is 1.50 bits per heavy atom. The van der Waals surface area contributed by atoms with Crippen LogP contribution in [0.5, 0.6) is 0 Å². The van der Waals surface area contributed by atoms with Crippen LogP contribution >= 0.6 is 0 Å². The molecule has 0 saturated carbocycles. The maximum absolute atomic E-state index is 12.9. The summed E-state index contributed by atoms with van der Waals surface area (Å²) in [5, 5.41) is 16.9. The summed E-state index contributed by atoms with van der Waals surface area (Å²) in [6.45, 7) is -0.307. The average molecular weight is 165 g/mol. The van der Waals surface area contributed by atoms with Crippen LogP contribution in [-0.2, 0) is 13.0 Å². The van der Waals surface area contributed by atoms with Crippen LogP contribution in [-0.4, -0.2) is 5.11 Å². The molecule has 0 spiro atoms. The zero-order valence-electron chi connectivity index (χ0n) is 6.42. The van der Waals surface area contributed by atoms with Crippen molar-refractivity contribution >= 4 is 0 Å². The van der Waals surface area contributed by atoms with E-state index in [2.05, 4.69) is 0 Å². The summed E-state index contributed by atoms with van der Waals surface area (Å²) in [5.41, 5.74) is 0.892. The summed E-state index contributed by atoms with van der Waals surface area (Å²) in [4.78, 5) is 0. The van der Waals surface area contributed by atoms with Gasteiger partial charge in [0.2, 0.25) is 0 Å². The third kappa shape index (κ3) is 1.80. The number of aliphatic hydroxyl groups excluding tert-OH is 1. The van der Waals surface area contributed by atoms with Crippen molar-refractivity contribution in [2.45, 2.75) is 13.0 Å². The van der Waals surface area contributed by atoms with Crippen LogP contribution in [0, 0.1) is 17.1 Å². The number of halogens is 1. The molecule has 0 heterocycles. The number of aliphatic hydroxyl groups is 1. The topological polar surface area (TPSA) is 44.0 Å². The number of nitriles is 1. The lowest BCUT2D eigenvalue weighted by Gasteiger charge is -1.99. The van der Waals surface area contributed by atoms with Crippen molar-refractivity contribution in [1.29, 1.82) is 5.26 Å². The highest BCUT2D eigenvalue weighted by molar-refractivity contribution is 5.25. The monoisotopic (exact) mass is 165 g/mol. The van der Waals surface area contributed by atoms with E-state index in [1.165, 1.54) is 12.1 Å². The van der Waals surface area contributed by atoms with Crippen LogP contribution in [0.4, 0.5) is 4.39 Å². The van der Waals surface area contributed by atoms with Gasteiger partial charge in [0, 0.05) is 5.56 Å². The molecule has 0 atom stereocenters. The minimum absolute atomic E-state index is 0.197. The Morgan fingerprint density at radius 3 is 2.75 bits per heavy atom. The average Bonchev–Trinajstić information content (AvgIpc) is 2.05. The maximum Gasteiger partial charge on any atom is 0.129 e. The maximum atomic E-state index is 12.9. The van der Waals surface area contributed by atoms with E-state index in [1.807, 2.05) is 6.07 Å². The van der Waals surface area contributed by atoms with E-state index in [0.717, 1.165) is 0 Å². The van der Waals surface area contributed by atoms with Gasteiger partial charge in [0.05, 0.1) is 19.1 Å². The van der Waals surface area contributed by atoms with E-state index in [-0.39, 0.29) is 18.6 Å². The summed E-state index contributed by atoms with van der Waals surface area (Å²) < 4.78 is 12.9. The van der Waals surface area contributed by atoms with Crippen LogP contribution in [0.3, 0.4) is 0 Å². The fraction of sp³-hybridized carbons (Fsp3) is 0.222. The van der Waals surface area contributed by atoms with E-state index in [9.17, 15) is 4.39 Å². The van der Waals surface area contributed by atoms with Crippen molar-refractivity contribution in [3.05, 3.63) is 35.1 Å². The molecule has 1 aromatic rings. The van der Waals surface area contributed by atoms with Gasteiger partial charge in [-0.05, 0) is 11.6 Å². The van der Waals surface area contributed by atoms with E-state index in [4.69, 9.17) is 10.4 Å². The smallest absolute Gasteiger partial charge is 0.129 e. The molecule has 0 fully saturated rings. The van der Waals surface area contributed by atoms with Crippen molar-refractivity contribution in [2.75, 3.05) is 0 Å². The van der Waals surface area contributed by atoms with Gasteiger partial charge >= 0.3 is 0 Å². The SMILES string of the molecule is N#CCc1ccc(CO)c(F)c1. The fourth-order valence-electron chi connectivity index (χ4n) is 0.920. The summed E-state index contributed by atoms with van der Waals surface area (Å²) in [5.74, 6) is -0.453. The van der Waals surface area contributed by atoms with Crippen LogP contribution < -0.4 is 0 Å². The third-order valence-corrected chi connectivity index (χ3v) is 1.57. The van der Waals surface area contributed by atoms with Gasteiger partial charge in [0.1, 0.15) is 5.82 Å². The lowest BCUT2D eigenvalue weighted by atomic mass is 10.1. The highest BCUT2D eigenvalue weighted by Gasteiger charge is 2.01. The van der Waals surface area contributed by atoms with Crippen molar-refractivity contribution in [3.63, 3.8) is 0 Å². The zero-order valence-corrected chi connectivity index (χ0v) is 6.42. The van der Waals surface area contributed by atoms with Crippen LogP contribution in [0.25, 0.3) is 0 Å². The normalized spacial score (nSPS) is 9.42. The quantitative estimate of drug-likeness (QED) is 0.719. The molecule has 62 valence electrons. The molecule has 1 rings (SSSR count). The fourth-order valence-corrected chi connectivity index (χ4v) is 0.920. The first kappa shape index (κ1) is 8.69. The van der Waals surface area contributed by atoms with Crippen LogP contribution in [0.1, 0.15) is 11.1 Å². The molecule has 12 heavy (non-hydrogen) atoms. The Kier molecular flexibility index (Phi) is 2.78. The molecule has 0 radical (unpaired) electrons. The van der Waals surface area contributed by atoms with E-state index >= 15 is 0 Å². The molecule has 0 aliphatic rings. The Balaban J connectivity index is 2.95. The lowest BCUT2D eigenvalue weighted by Crippen LogP contribution is -1.91. The molecular weight excluding hydrogens is 157 g/mol. The van der Waals surface area contributed by atoms with Gasteiger partial charge in [-0.25, -0.2) is 4.39 Å². The van der Waals surface area contributed by atoms with Gasteiger partial charge in [0.25, 0.3) is 0 Å². The minimum Gasteiger partial charge on any atom is -0.392 e. The number of nitrogens with zero attached hydrogens (tertiary/aromatic N) is 1. The highest BCUT2D eigenvalue weighted by Crippen LogP contribution is 2.10. The first-order valence-corrected chi connectivity index (χ1v) is 3.53. The molecule has 0 aliphatic carbocycles. The van der Waals surface area contributed by atoms with E-state index < -0.39 is 5.82 Å². The second-order valence-corrected chi connectivity index (χ2v) is 2.42. The first-order chi connectivity index (χ1) is 5.77. The Labute approximate surface area is 69.9 Å². The van der Waals surface area contributed by atoms with Gasteiger partial charge in [-0.2, -0.15) is 5.26 Å². The lowest BCUT2D eigenvalue weighted by molar-refractivity contribution is 0.275. The molecule has 3 heteroatoms. The molecular formula is C9H8FNO. The second kappa shape index (κ2) is 3.84. The van der Waals surface area contributed by atoms with Crippen LogP contribution in [0.2, 0.25) is 0 Å². The molecule has 1 N–H and O–H groups in total. The van der Waals surface area contributed by atoms with Gasteiger partial charge in [-0.3, -0.25) is 0 Å². The standard InChI is InChI=1S/C9H8FNO/c10-9-5-7(3-4-11)1-2-8(9)6-12/h1-2,5,12H,3,6H2. The number of rotatable bonds is 2. The van der Waals surface area contributed by atoms with E-state index in [0.29, 0.717) is 5.56 Å². The Morgan fingerprint density at radius 2 is 2.25 bits per heavy atom. The zero-order chi connectivity index (χ0) is 8.97. The molecule has 2 nitrogen and oxygen atoms in total. The summed E-state index contributed by atoms with van der Waals surface area (Å²) >= 11 is 0. The minimum atomic E-state index is -0.453. The summed E-state index contributed by atoms with van der Waals surface area (Å²) in [7, 11) is 0. The number of hydrogen-bond donors (Lipinski definition) is 1. The third-order valence-electron chi connectivity index (χ3n) is 1.57. The molecule has 0 aliphatic heterocycles. The molecule has 0 aromatic heterocycles. The summed E-state index contributed by atoms with van der Waals surface area (Å²) in [6.07, 6.45) is 0.197. The van der Waals surface area contributed by atoms with Crippen molar-refractivity contribution < 1.29 is 9.50 Å². The van der Waals surface area contributed by atoms with Gasteiger partial charge in [-0.1, -0.05) is 12.1 Å². The Bertz CT molecular complexity index is 317. The Hall–Kier alpha value is -1.40. The van der Waals surface area contributed by atoms with Gasteiger partial charge < -0.3 is 5.11 Å². The summed E-state index contributed by atoms with van der Waals surface area (Å²) in [6, 6.07) is 6.32. The van der Waals surface area contributed by atoms with Crippen molar-refractivity contribution in [3.8, 4) is 6.07 Å². The molecule has 0 saturated heterocycles. The predicted octanol–water partition coefficient (Wildman–Crippen LogP) is 1.38.